The molecule has 1 aromatic carbocycles. The number of alkyl halides is 4. The number of aromatic nitrogens is 3. The van der Waals surface area contributed by atoms with Gasteiger partial charge in [0.05, 0.1) is 19.1 Å². The number of halogens is 4. The summed E-state index contributed by atoms with van der Waals surface area (Å²) in [6, 6.07) is 7.07. The largest absolute Gasteiger partial charge is 0.468 e. The SMILES string of the molecule is COC(=O)C1(c2nc(C3=NOC(c4ccccc4OS(C)(=O)=O)C3)cs2)CCN(C(=O)Cn2nc(C(F)F)cc2C(F)F)CC1. The second-order valence-corrected chi connectivity index (χ2v) is 12.8. The Balaban J connectivity index is 1.29. The normalized spacial score (nSPS) is 18.2. The van der Waals surface area contributed by atoms with Crippen LogP contribution in [0.25, 0.3) is 0 Å². The number of esters is 1. The number of carbonyl (C=O) groups is 2. The highest BCUT2D eigenvalue weighted by Gasteiger charge is 2.47. The van der Waals surface area contributed by atoms with Crippen LogP contribution in [0.3, 0.4) is 0 Å². The van der Waals surface area contributed by atoms with Crippen LogP contribution in [0.15, 0.2) is 40.9 Å². The number of likely N-dealkylation sites (tertiary alicyclic amines) is 1. The summed E-state index contributed by atoms with van der Waals surface area (Å²) >= 11 is 1.19. The molecule has 2 aliphatic rings. The molecule has 1 fully saturated rings. The molecule has 4 heterocycles. The minimum Gasteiger partial charge on any atom is -0.468 e. The van der Waals surface area contributed by atoms with Gasteiger partial charge in [-0.1, -0.05) is 23.4 Å². The molecular formula is C27H27F4N5O7S2. The number of benzene rings is 1. The molecular weight excluding hydrogens is 646 g/mol. The Kier molecular flexibility index (Phi) is 9.16. The molecule has 242 valence electrons. The maximum Gasteiger partial charge on any atom is 0.318 e. The van der Waals surface area contributed by atoms with Crippen molar-refractivity contribution in [2.24, 2.45) is 5.16 Å². The maximum absolute atomic E-state index is 13.4. The minimum atomic E-state index is -3.79. The summed E-state index contributed by atoms with van der Waals surface area (Å²) < 4.78 is 87.0. The molecule has 0 spiro atoms. The average molecular weight is 674 g/mol. The topological polar surface area (TPSA) is 142 Å². The molecule has 3 aromatic rings. The fourth-order valence-corrected chi connectivity index (χ4v) is 6.79. The number of rotatable bonds is 10. The Morgan fingerprint density at radius 1 is 1.16 bits per heavy atom. The van der Waals surface area contributed by atoms with E-state index < -0.39 is 64.3 Å². The van der Waals surface area contributed by atoms with Gasteiger partial charge in [-0.25, -0.2) is 22.5 Å². The second-order valence-electron chi connectivity index (χ2n) is 10.4. The van der Waals surface area contributed by atoms with E-state index in [0.717, 1.165) is 6.26 Å². The molecule has 12 nitrogen and oxygen atoms in total. The highest BCUT2D eigenvalue weighted by Crippen LogP contribution is 2.40. The number of ether oxygens (including phenoxy) is 1. The van der Waals surface area contributed by atoms with Gasteiger partial charge in [0.25, 0.3) is 12.9 Å². The lowest BCUT2D eigenvalue weighted by Gasteiger charge is -2.38. The Bertz CT molecular complexity index is 1720. The van der Waals surface area contributed by atoms with Crippen molar-refractivity contribution in [1.29, 1.82) is 0 Å². The Labute approximate surface area is 258 Å². The van der Waals surface area contributed by atoms with Crippen LogP contribution in [-0.2, 0) is 41.2 Å². The monoisotopic (exact) mass is 673 g/mol. The van der Waals surface area contributed by atoms with E-state index in [1.165, 1.54) is 29.4 Å². The molecule has 1 atom stereocenters. The molecule has 1 saturated heterocycles. The third kappa shape index (κ3) is 6.80. The van der Waals surface area contributed by atoms with Gasteiger partial charge in [0, 0.05) is 30.5 Å². The van der Waals surface area contributed by atoms with Crippen LogP contribution in [0, 0.1) is 0 Å². The first kappa shape index (κ1) is 32.3. The van der Waals surface area contributed by atoms with Crippen LogP contribution in [0.4, 0.5) is 17.6 Å². The molecule has 5 rings (SSSR count). The standard InChI is InChI=1S/C27H27F4N5O7S2/c1-41-26(38)27(7-9-35(10-8-27)22(37)13-36-19(24(30)31)11-17(33-36)23(28)29)25-32-18(14-44-25)16-12-21(42-34-16)15-5-3-4-6-20(15)43-45(2,39)40/h3-6,11,14,21,23-24H,7-10,12-13H2,1-2H3. The maximum atomic E-state index is 13.4. The molecule has 2 aromatic heterocycles. The lowest BCUT2D eigenvalue weighted by Crippen LogP contribution is -2.50. The Hall–Kier alpha value is -4.06. The number of nitrogens with zero attached hydrogens (tertiary/aromatic N) is 5. The number of methoxy groups -OCH3 is 1. The van der Waals surface area contributed by atoms with Crippen LogP contribution in [0.1, 0.15) is 65.9 Å². The van der Waals surface area contributed by atoms with Crippen molar-refractivity contribution in [3.63, 3.8) is 0 Å². The molecule has 0 aliphatic carbocycles. The quantitative estimate of drug-likeness (QED) is 0.176. The lowest BCUT2D eigenvalue weighted by atomic mass is 9.78. The third-order valence-electron chi connectivity index (χ3n) is 7.49. The molecule has 0 bridgehead atoms. The zero-order valence-corrected chi connectivity index (χ0v) is 25.5. The van der Waals surface area contributed by atoms with Gasteiger partial charge in [0.1, 0.15) is 39.8 Å². The Morgan fingerprint density at radius 2 is 1.87 bits per heavy atom. The molecule has 1 unspecified atom stereocenters. The van der Waals surface area contributed by atoms with E-state index in [9.17, 15) is 35.6 Å². The van der Waals surface area contributed by atoms with Crippen LogP contribution in [0.2, 0.25) is 0 Å². The van der Waals surface area contributed by atoms with Gasteiger partial charge < -0.3 is 18.7 Å². The van der Waals surface area contributed by atoms with Gasteiger partial charge in [0.15, 0.2) is 6.10 Å². The van der Waals surface area contributed by atoms with Gasteiger partial charge in [-0.05, 0) is 25.0 Å². The zero-order chi connectivity index (χ0) is 32.5. The number of amides is 1. The van der Waals surface area contributed by atoms with Crippen LogP contribution < -0.4 is 4.18 Å². The van der Waals surface area contributed by atoms with Gasteiger partial charge in [-0.15, -0.1) is 11.3 Å². The zero-order valence-electron chi connectivity index (χ0n) is 23.9. The summed E-state index contributed by atoms with van der Waals surface area (Å²) in [6.45, 7) is -0.587. The van der Waals surface area contributed by atoms with E-state index in [0.29, 0.717) is 32.7 Å². The summed E-state index contributed by atoms with van der Waals surface area (Å²) in [7, 11) is -2.56. The van der Waals surface area contributed by atoms with Crippen molar-refractivity contribution >= 4 is 39.0 Å². The number of thiazole rings is 1. The van der Waals surface area contributed by atoms with E-state index >= 15 is 0 Å². The number of piperidine rings is 1. The summed E-state index contributed by atoms with van der Waals surface area (Å²) in [5, 5.41) is 9.72. The fourth-order valence-electron chi connectivity index (χ4n) is 5.23. The number of hydrogen-bond acceptors (Lipinski definition) is 11. The molecule has 45 heavy (non-hydrogen) atoms. The van der Waals surface area contributed by atoms with Crippen LogP contribution >= 0.6 is 11.3 Å². The van der Waals surface area contributed by atoms with E-state index in [1.54, 1.807) is 23.6 Å². The van der Waals surface area contributed by atoms with Crippen molar-refractivity contribution < 1.29 is 49.3 Å². The second kappa shape index (κ2) is 12.7. The van der Waals surface area contributed by atoms with E-state index in [-0.39, 0.29) is 38.1 Å². The lowest BCUT2D eigenvalue weighted by molar-refractivity contribution is -0.151. The van der Waals surface area contributed by atoms with Crippen LogP contribution in [-0.4, -0.2) is 72.1 Å². The van der Waals surface area contributed by atoms with Crippen molar-refractivity contribution in [2.45, 2.75) is 50.2 Å². The van der Waals surface area contributed by atoms with E-state index in [4.69, 9.17) is 13.8 Å². The molecule has 0 N–H and O–H groups in total. The number of oxime groups is 1. The number of hydrogen-bond donors (Lipinski definition) is 0. The molecule has 0 radical (unpaired) electrons. The van der Waals surface area contributed by atoms with Crippen molar-refractivity contribution in [3.05, 3.63) is 63.4 Å². The first-order valence-electron chi connectivity index (χ1n) is 13.5. The van der Waals surface area contributed by atoms with E-state index in [1.807, 2.05) is 0 Å². The molecule has 1 amide bonds. The number of carbonyl (C=O) groups excluding carboxylic acids is 2. The minimum absolute atomic E-state index is 0.0408. The predicted octanol–water partition coefficient (Wildman–Crippen LogP) is 4.15. The van der Waals surface area contributed by atoms with Gasteiger partial charge in [-0.2, -0.15) is 13.5 Å². The highest BCUT2D eigenvalue weighted by molar-refractivity contribution is 7.86. The molecule has 0 saturated carbocycles. The first-order chi connectivity index (χ1) is 21.3. The first-order valence-corrected chi connectivity index (χ1v) is 16.2. The van der Waals surface area contributed by atoms with Crippen molar-refractivity contribution in [3.8, 4) is 5.75 Å². The van der Waals surface area contributed by atoms with Gasteiger partial charge in [-0.3, -0.25) is 14.3 Å². The average Bonchev–Trinajstić information content (AvgIpc) is 3.76. The number of para-hydroxylation sites is 1. The summed E-state index contributed by atoms with van der Waals surface area (Å²) in [6.07, 6.45) is -5.46. The third-order valence-corrected chi connectivity index (χ3v) is 9.02. The summed E-state index contributed by atoms with van der Waals surface area (Å²) in [4.78, 5) is 37.7. The van der Waals surface area contributed by atoms with Gasteiger partial charge in [0.2, 0.25) is 5.91 Å². The van der Waals surface area contributed by atoms with Gasteiger partial charge >= 0.3 is 16.1 Å². The predicted molar refractivity (Wildman–Crippen MR) is 151 cm³/mol. The van der Waals surface area contributed by atoms with Crippen LogP contribution in [0.5, 0.6) is 5.75 Å². The smallest absolute Gasteiger partial charge is 0.318 e. The van der Waals surface area contributed by atoms with Crippen molar-refractivity contribution in [2.75, 3.05) is 26.5 Å². The fraction of sp³-hybridized carbons (Fsp3) is 0.444. The summed E-state index contributed by atoms with van der Waals surface area (Å²) in [5.74, 6) is -1.08. The van der Waals surface area contributed by atoms with Crippen molar-refractivity contribution in [1.82, 2.24) is 19.7 Å². The van der Waals surface area contributed by atoms with E-state index in [2.05, 4.69) is 15.2 Å². The molecule has 2 aliphatic heterocycles. The highest BCUT2D eigenvalue weighted by atomic mass is 32.2. The summed E-state index contributed by atoms with van der Waals surface area (Å²) in [5.41, 5.74) is -1.48. The molecule has 18 heteroatoms. The Morgan fingerprint density at radius 3 is 2.51 bits per heavy atom.